The summed E-state index contributed by atoms with van der Waals surface area (Å²) in [6, 6.07) is 10.9. The molecule has 0 saturated heterocycles. The number of aliphatic carboxylic acids is 1. The van der Waals surface area contributed by atoms with E-state index in [1.807, 2.05) is 24.3 Å². The number of ether oxygens (including phenoxy) is 2. The molecule has 136 valence electrons. The SMILES string of the molecule is COc1ccc(C(NC(=O)C2COc3ccccc3C2)C(=O)O)cc1Cl. The molecular formula is C19H18ClNO5. The smallest absolute Gasteiger partial charge is 0.330 e. The average Bonchev–Trinajstić information content (AvgIpc) is 2.65. The Morgan fingerprint density at radius 3 is 2.77 bits per heavy atom. The van der Waals surface area contributed by atoms with Gasteiger partial charge in [-0.2, -0.15) is 0 Å². The molecule has 0 spiro atoms. The van der Waals surface area contributed by atoms with Gasteiger partial charge < -0.3 is 19.9 Å². The molecule has 1 aliphatic rings. The van der Waals surface area contributed by atoms with Crippen molar-refractivity contribution in [2.45, 2.75) is 12.5 Å². The maximum absolute atomic E-state index is 12.6. The zero-order valence-corrected chi connectivity index (χ0v) is 14.8. The van der Waals surface area contributed by atoms with Gasteiger partial charge in [0.05, 0.1) is 18.1 Å². The van der Waals surface area contributed by atoms with Gasteiger partial charge in [0.2, 0.25) is 5.91 Å². The van der Waals surface area contributed by atoms with E-state index in [2.05, 4.69) is 5.32 Å². The van der Waals surface area contributed by atoms with E-state index in [0.717, 1.165) is 11.3 Å². The van der Waals surface area contributed by atoms with Crippen molar-refractivity contribution < 1.29 is 24.2 Å². The molecule has 2 unspecified atom stereocenters. The lowest BCUT2D eigenvalue weighted by molar-refractivity contribution is -0.143. The normalized spacial score (nSPS) is 16.8. The molecule has 3 rings (SSSR count). The molecule has 0 saturated carbocycles. The number of para-hydroxylation sites is 1. The van der Waals surface area contributed by atoms with Crippen LogP contribution in [0.15, 0.2) is 42.5 Å². The van der Waals surface area contributed by atoms with Crippen molar-refractivity contribution in [3.8, 4) is 11.5 Å². The van der Waals surface area contributed by atoms with E-state index in [4.69, 9.17) is 21.1 Å². The van der Waals surface area contributed by atoms with Crippen molar-refractivity contribution in [1.29, 1.82) is 0 Å². The molecule has 0 fully saturated rings. The highest BCUT2D eigenvalue weighted by Crippen LogP contribution is 2.29. The van der Waals surface area contributed by atoms with Gasteiger partial charge in [-0.3, -0.25) is 4.79 Å². The molecule has 7 heteroatoms. The Morgan fingerprint density at radius 1 is 1.31 bits per heavy atom. The van der Waals surface area contributed by atoms with Crippen LogP contribution in [-0.2, 0) is 16.0 Å². The number of methoxy groups -OCH3 is 1. The van der Waals surface area contributed by atoms with Gasteiger partial charge in [-0.05, 0) is 35.7 Å². The number of halogens is 1. The summed E-state index contributed by atoms with van der Waals surface area (Å²) in [6.07, 6.45) is 0.498. The Morgan fingerprint density at radius 2 is 2.08 bits per heavy atom. The lowest BCUT2D eigenvalue weighted by atomic mass is 9.95. The van der Waals surface area contributed by atoms with Crippen molar-refractivity contribution in [3.05, 3.63) is 58.6 Å². The molecule has 6 nitrogen and oxygen atoms in total. The van der Waals surface area contributed by atoms with Crippen LogP contribution >= 0.6 is 11.6 Å². The number of carboxylic acids is 1. The van der Waals surface area contributed by atoms with Crippen LogP contribution in [0.5, 0.6) is 11.5 Å². The van der Waals surface area contributed by atoms with Crippen LogP contribution in [0.25, 0.3) is 0 Å². The minimum absolute atomic E-state index is 0.207. The first-order valence-electron chi connectivity index (χ1n) is 8.07. The third-order valence-corrected chi connectivity index (χ3v) is 4.59. The third kappa shape index (κ3) is 3.75. The van der Waals surface area contributed by atoms with Gasteiger partial charge in [0.25, 0.3) is 0 Å². The van der Waals surface area contributed by atoms with Gasteiger partial charge in [0.15, 0.2) is 6.04 Å². The molecule has 0 aromatic heterocycles. The molecule has 0 bridgehead atoms. The van der Waals surface area contributed by atoms with Crippen LogP contribution in [0.4, 0.5) is 0 Å². The monoisotopic (exact) mass is 375 g/mol. The second-order valence-electron chi connectivity index (χ2n) is 5.99. The molecule has 0 radical (unpaired) electrons. The fourth-order valence-electron chi connectivity index (χ4n) is 2.91. The molecule has 26 heavy (non-hydrogen) atoms. The average molecular weight is 376 g/mol. The van der Waals surface area contributed by atoms with Gasteiger partial charge >= 0.3 is 5.97 Å². The zero-order chi connectivity index (χ0) is 18.7. The largest absolute Gasteiger partial charge is 0.495 e. The maximum Gasteiger partial charge on any atom is 0.330 e. The highest BCUT2D eigenvalue weighted by atomic mass is 35.5. The summed E-state index contributed by atoms with van der Waals surface area (Å²) < 4.78 is 10.7. The van der Waals surface area contributed by atoms with Gasteiger partial charge in [0, 0.05) is 0 Å². The number of carboxylic acid groups (broad SMARTS) is 1. The number of hydrogen-bond acceptors (Lipinski definition) is 4. The van der Waals surface area contributed by atoms with E-state index in [-0.39, 0.29) is 17.5 Å². The number of nitrogens with one attached hydrogen (secondary N) is 1. The molecule has 0 aliphatic carbocycles. The minimum atomic E-state index is -1.21. The molecule has 1 amide bonds. The third-order valence-electron chi connectivity index (χ3n) is 4.29. The number of amides is 1. The highest BCUT2D eigenvalue weighted by Gasteiger charge is 2.30. The van der Waals surface area contributed by atoms with Crippen molar-refractivity contribution in [3.63, 3.8) is 0 Å². The van der Waals surface area contributed by atoms with Gasteiger partial charge in [0.1, 0.15) is 18.1 Å². The van der Waals surface area contributed by atoms with Crippen LogP contribution in [-0.4, -0.2) is 30.7 Å². The summed E-state index contributed by atoms with van der Waals surface area (Å²) in [5.41, 5.74) is 1.30. The van der Waals surface area contributed by atoms with Crippen LogP contribution in [0.3, 0.4) is 0 Å². The fraction of sp³-hybridized carbons (Fsp3) is 0.263. The van der Waals surface area contributed by atoms with E-state index in [1.165, 1.54) is 13.2 Å². The number of hydrogen-bond donors (Lipinski definition) is 2. The summed E-state index contributed by atoms with van der Waals surface area (Å²) in [5.74, 6) is -0.813. The molecule has 1 heterocycles. The van der Waals surface area contributed by atoms with E-state index >= 15 is 0 Å². The summed E-state index contributed by atoms with van der Waals surface area (Å²) in [6.45, 7) is 0.207. The van der Waals surface area contributed by atoms with Crippen LogP contribution in [0, 0.1) is 5.92 Å². The molecule has 2 N–H and O–H groups in total. The minimum Gasteiger partial charge on any atom is -0.495 e. The first-order valence-corrected chi connectivity index (χ1v) is 8.44. The van der Waals surface area contributed by atoms with Crippen molar-refractivity contribution in [2.75, 3.05) is 13.7 Å². The Labute approximate surface area is 155 Å². The zero-order valence-electron chi connectivity index (χ0n) is 14.1. The predicted octanol–water partition coefficient (Wildman–Crippen LogP) is 2.84. The molecule has 2 aromatic rings. The van der Waals surface area contributed by atoms with E-state index in [1.54, 1.807) is 12.1 Å². The van der Waals surface area contributed by atoms with E-state index in [9.17, 15) is 14.7 Å². The Hall–Kier alpha value is -2.73. The van der Waals surface area contributed by atoms with Crippen LogP contribution in [0.1, 0.15) is 17.2 Å². The molecule has 1 aliphatic heterocycles. The number of rotatable bonds is 5. The standard InChI is InChI=1S/C19H18ClNO5/c1-25-16-7-6-12(9-14(16)20)17(19(23)24)21-18(22)13-8-11-4-2-3-5-15(11)26-10-13/h2-7,9,13,17H,8,10H2,1H3,(H,21,22)(H,23,24). The quantitative estimate of drug-likeness (QED) is 0.839. The Kier molecular flexibility index (Phi) is 5.32. The molecule has 2 aromatic carbocycles. The fourth-order valence-corrected chi connectivity index (χ4v) is 3.17. The number of carbonyl (C=O) groups is 2. The van der Waals surface area contributed by atoms with E-state index < -0.39 is 17.9 Å². The Bertz CT molecular complexity index is 838. The summed E-state index contributed by atoms with van der Waals surface area (Å²) >= 11 is 6.07. The topological polar surface area (TPSA) is 84.9 Å². The molecule has 2 atom stereocenters. The second-order valence-corrected chi connectivity index (χ2v) is 6.40. The van der Waals surface area contributed by atoms with Crippen LogP contribution < -0.4 is 14.8 Å². The first kappa shape index (κ1) is 18.1. The lowest BCUT2D eigenvalue weighted by Crippen LogP contribution is -2.41. The van der Waals surface area contributed by atoms with Gasteiger partial charge in [-0.25, -0.2) is 4.79 Å². The van der Waals surface area contributed by atoms with Gasteiger partial charge in [-0.1, -0.05) is 35.9 Å². The summed E-state index contributed by atoms with van der Waals surface area (Å²) in [4.78, 5) is 24.3. The Balaban J connectivity index is 1.75. The van der Waals surface area contributed by atoms with Crippen molar-refractivity contribution in [1.82, 2.24) is 5.32 Å². The predicted molar refractivity (Wildman–Crippen MR) is 95.7 cm³/mol. The van der Waals surface area contributed by atoms with Crippen molar-refractivity contribution in [2.24, 2.45) is 5.92 Å². The summed E-state index contributed by atoms with van der Waals surface area (Å²) in [5, 5.41) is 12.4. The van der Waals surface area contributed by atoms with Gasteiger partial charge in [-0.15, -0.1) is 0 Å². The van der Waals surface area contributed by atoms with Crippen molar-refractivity contribution >= 4 is 23.5 Å². The molecular weight excluding hydrogens is 358 g/mol. The first-order chi connectivity index (χ1) is 12.5. The maximum atomic E-state index is 12.6. The number of carbonyl (C=O) groups excluding carboxylic acids is 1. The highest BCUT2D eigenvalue weighted by molar-refractivity contribution is 6.32. The number of benzene rings is 2. The second kappa shape index (κ2) is 7.66. The summed E-state index contributed by atoms with van der Waals surface area (Å²) in [7, 11) is 1.47. The number of fused-ring (bicyclic) bond motifs is 1. The van der Waals surface area contributed by atoms with Crippen LogP contribution in [0.2, 0.25) is 5.02 Å². The lowest BCUT2D eigenvalue weighted by Gasteiger charge is -2.26. The van der Waals surface area contributed by atoms with E-state index in [0.29, 0.717) is 17.7 Å².